The fourth-order valence-electron chi connectivity index (χ4n) is 1.32. The third-order valence-electron chi connectivity index (χ3n) is 2.14. The van der Waals surface area contributed by atoms with Crippen molar-refractivity contribution >= 4 is 5.69 Å². The van der Waals surface area contributed by atoms with Crippen molar-refractivity contribution in [2.24, 2.45) is 0 Å². The van der Waals surface area contributed by atoms with E-state index in [1.54, 1.807) is 12.1 Å². The number of ether oxygens (including phenoxy) is 1. The Morgan fingerprint density at radius 3 is 2.31 bits per heavy atom. The van der Waals surface area contributed by atoms with Crippen molar-refractivity contribution < 1.29 is 9.66 Å². The van der Waals surface area contributed by atoms with Crippen LogP contribution in [0.4, 0.5) is 5.69 Å². The predicted octanol–water partition coefficient (Wildman–Crippen LogP) is 2.05. The van der Waals surface area contributed by atoms with Gasteiger partial charge in [0.2, 0.25) is 0 Å². The summed E-state index contributed by atoms with van der Waals surface area (Å²) in [6.07, 6.45) is 0.391. The average molecular weight is 179 g/mol. The van der Waals surface area contributed by atoms with E-state index in [2.05, 4.69) is 0 Å². The number of rotatable bonds is 2. The maximum absolute atomic E-state index is 10.3. The van der Waals surface area contributed by atoms with Crippen molar-refractivity contribution in [3.8, 4) is 0 Å². The molecule has 0 N–H and O–H groups in total. The molecule has 0 bridgehead atoms. The molecule has 0 spiro atoms. The summed E-state index contributed by atoms with van der Waals surface area (Å²) in [5.41, 5.74) is 1.13. The lowest BCUT2D eigenvalue weighted by atomic mass is 10.1. The fraction of sp³-hybridized carbons (Fsp3) is 0.333. The van der Waals surface area contributed by atoms with E-state index in [-0.39, 0.29) is 17.9 Å². The fourth-order valence-corrected chi connectivity index (χ4v) is 1.32. The monoisotopic (exact) mass is 179 g/mol. The Hall–Kier alpha value is -1.42. The van der Waals surface area contributed by atoms with Crippen LogP contribution in [0, 0.1) is 10.1 Å². The number of nitro benzene ring substituents is 1. The zero-order valence-electron chi connectivity index (χ0n) is 7.14. The highest BCUT2D eigenvalue weighted by molar-refractivity contribution is 5.35. The number of nitrogens with zero attached hydrogens (tertiary/aromatic N) is 1. The SMILES string of the molecule is CC1OC1c1ccc([N+](=O)[O-])cc1. The first kappa shape index (κ1) is 8.19. The molecule has 1 aromatic carbocycles. The van der Waals surface area contributed by atoms with Crippen molar-refractivity contribution in [2.75, 3.05) is 0 Å². The van der Waals surface area contributed by atoms with Gasteiger partial charge in [0.05, 0.1) is 11.0 Å². The van der Waals surface area contributed by atoms with Crippen LogP contribution in [0.5, 0.6) is 0 Å². The second kappa shape index (κ2) is 2.81. The molecule has 1 fully saturated rings. The zero-order chi connectivity index (χ0) is 9.42. The van der Waals surface area contributed by atoms with E-state index in [1.165, 1.54) is 12.1 Å². The highest BCUT2D eigenvalue weighted by atomic mass is 16.6. The molecule has 2 atom stereocenters. The molecular weight excluding hydrogens is 170 g/mol. The van der Waals surface area contributed by atoms with Crippen LogP contribution in [0.3, 0.4) is 0 Å². The summed E-state index contributed by atoms with van der Waals surface area (Å²) in [7, 11) is 0. The minimum Gasteiger partial charge on any atom is -0.365 e. The van der Waals surface area contributed by atoms with Crippen molar-refractivity contribution in [3.63, 3.8) is 0 Å². The second-order valence-corrected chi connectivity index (χ2v) is 3.11. The summed E-state index contributed by atoms with van der Waals surface area (Å²) in [5, 5.41) is 10.3. The molecule has 1 aliphatic heterocycles. The number of epoxide rings is 1. The molecule has 13 heavy (non-hydrogen) atoms. The largest absolute Gasteiger partial charge is 0.365 e. The molecule has 1 saturated heterocycles. The summed E-state index contributed by atoms with van der Waals surface area (Å²) in [6, 6.07) is 6.49. The molecule has 4 nitrogen and oxygen atoms in total. The van der Waals surface area contributed by atoms with Gasteiger partial charge in [0.25, 0.3) is 5.69 Å². The molecule has 0 saturated carbocycles. The van der Waals surface area contributed by atoms with Crippen LogP contribution in [0.1, 0.15) is 18.6 Å². The molecule has 68 valence electrons. The molecule has 2 rings (SSSR count). The molecular formula is C9H9NO3. The van der Waals surface area contributed by atoms with E-state index < -0.39 is 4.92 Å². The maximum Gasteiger partial charge on any atom is 0.269 e. The van der Waals surface area contributed by atoms with Crippen LogP contribution in [-0.2, 0) is 4.74 Å². The summed E-state index contributed by atoms with van der Waals surface area (Å²) in [6.45, 7) is 1.98. The number of benzene rings is 1. The summed E-state index contributed by atoms with van der Waals surface area (Å²) in [4.78, 5) is 9.93. The number of non-ortho nitro benzene ring substituents is 1. The first-order chi connectivity index (χ1) is 6.18. The molecule has 0 aliphatic carbocycles. The van der Waals surface area contributed by atoms with E-state index in [0.29, 0.717) is 0 Å². The first-order valence-electron chi connectivity index (χ1n) is 4.08. The second-order valence-electron chi connectivity index (χ2n) is 3.11. The summed E-state index contributed by atoms with van der Waals surface area (Å²) < 4.78 is 5.23. The van der Waals surface area contributed by atoms with Crippen molar-refractivity contribution in [1.29, 1.82) is 0 Å². The number of nitro groups is 1. The Bertz CT molecular complexity index is 333. The van der Waals surface area contributed by atoms with Crippen LogP contribution < -0.4 is 0 Å². The van der Waals surface area contributed by atoms with Gasteiger partial charge in [0.1, 0.15) is 6.10 Å². The Morgan fingerprint density at radius 2 is 1.92 bits per heavy atom. The van der Waals surface area contributed by atoms with Gasteiger partial charge < -0.3 is 4.74 Å². The lowest BCUT2D eigenvalue weighted by molar-refractivity contribution is -0.384. The molecule has 4 heteroatoms. The van der Waals surface area contributed by atoms with E-state index >= 15 is 0 Å². The smallest absolute Gasteiger partial charge is 0.269 e. The van der Waals surface area contributed by atoms with Gasteiger partial charge in [0, 0.05) is 12.1 Å². The number of hydrogen-bond acceptors (Lipinski definition) is 3. The lowest BCUT2D eigenvalue weighted by Crippen LogP contribution is -1.88. The Morgan fingerprint density at radius 1 is 1.38 bits per heavy atom. The van der Waals surface area contributed by atoms with Gasteiger partial charge >= 0.3 is 0 Å². The van der Waals surface area contributed by atoms with Gasteiger partial charge in [-0.05, 0) is 24.6 Å². The highest BCUT2D eigenvalue weighted by Gasteiger charge is 2.35. The van der Waals surface area contributed by atoms with Crippen molar-refractivity contribution in [3.05, 3.63) is 39.9 Å². The quantitative estimate of drug-likeness (QED) is 0.396. The Balaban J connectivity index is 2.19. The van der Waals surface area contributed by atoms with E-state index in [4.69, 9.17) is 4.74 Å². The third-order valence-corrected chi connectivity index (χ3v) is 2.14. The van der Waals surface area contributed by atoms with Gasteiger partial charge in [-0.15, -0.1) is 0 Å². The molecule has 1 heterocycles. The van der Waals surface area contributed by atoms with Crippen molar-refractivity contribution in [1.82, 2.24) is 0 Å². The van der Waals surface area contributed by atoms with E-state index in [1.807, 2.05) is 6.92 Å². The van der Waals surface area contributed by atoms with Crippen molar-refractivity contribution in [2.45, 2.75) is 19.1 Å². The van der Waals surface area contributed by atoms with Gasteiger partial charge in [-0.3, -0.25) is 10.1 Å². The standard InChI is InChI=1S/C9H9NO3/c1-6-9(13-6)7-2-4-8(5-3-7)10(11)12/h2-6,9H,1H3. The molecule has 1 aromatic rings. The van der Waals surface area contributed by atoms with Crippen LogP contribution in [0.15, 0.2) is 24.3 Å². The normalized spacial score (nSPS) is 25.6. The molecule has 2 unspecified atom stereocenters. The third kappa shape index (κ3) is 1.53. The predicted molar refractivity (Wildman–Crippen MR) is 46.4 cm³/mol. The van der Waals surface area contributed by atoms with Crippen LogP contribution >= 0.6 is 0 Å². The van der Waals surface area contributed by atoms with Gasteiger partial charge in [0.15, 0.2) is 0 Å². The highest BCUT2D eigenvalue weighted by Crippen LogP contribution is 2.38. The molecule has 0 amide bonds. The van der Waals surface area contributed by atoms with Crippen LogP contribution in [0.2, 0.25) is 0 Å². The minimum atomic E-state index is -0.402. The number of hydrogen-bond donors (Lipinski definition) is 0. The van der Waals surface area contributed by atoms with Gasteiger partial charge in [-0.1, -0.05) is 0 Å². The van der Waals surface area contributed by atoms with E-state index in [9.17, 15) is 10.1 Å². The Labute approximate surface area is 75.3 Å². The summed E-state index contributed by atoms with van der Waals surface area (Å²) >= 11 is 0. The van der Waals surface area contributed by atoms with E-state index in [0.717, 1.165) is 5.56 Å². The summed E-state index contributed by atoms with van der Waals surface area (Å²) in [5.74, 6) is 0. The van der Waals surface area contributed by atoms with Crippen LogP contribution in [-0.4, -0.2) is 11.0 Å². The first-order valence-corrected chi connectivity index (χ1v) is 4.08. The minimum absolute atomic E-state index is 0.122. The Kier molecular flexibility index (Phi) is 1.77. The van der Waals surface area contributed by atoms with Gasteiger partial charge in [-0.25, -0.2) is 0 Å². The molecule has 0 radical (unpaired) electrons. The average Bonchev–Trinajstić information content (AvgIpc) is 2.83. The molecule has 1 aliphatic rings. The zero-order valence-corrected chi connectivity index (χ0v) is 7.14. The van der Waals surface area contributed by atoms with Crippen LogP contribution in [0.25, 0.3) is 0 Å². The lowest BCUT2D eigenvalue weighted by Gasteiger charge is -1.94. The maximum atomic E-state index is 10.3. The topological polar surface area (TPSA) is 55.7 Å². The van der Waals surface area contributed by atoms with Gasteiger partial charge in [-0.2, -0.15) is 0 Å². The molecule has 0 aromatic heterocycles.